The van der Waals surface area contributed by atoms with Crippen LogP contribution in [-0.4, -0.2) is 25.2 Å². The van der Waals surface area contributed by atoms with Gasteiger partial charge in [-0.05, 0) is 42.4 Å². The van der Waals surface area contributed by atoms with Crippen LogP contribution in [0.25, 0.3) is 0 Å². The fraction of sp³-hybridized carbons (Fsp3) is 0.600. The largest absolute Gasteiger partial charge is 0.462 e. The maximum atomic E-state index is 12.4. The van der Waals surface area contributed by atoms with Gasteiger partial charge in [0.2, 0.25) is 0 Å². The summed E-state index contributed by atoms with van der Waals surface area (Å²) in [6, 6.07) is 5.34. The maximum absolute atomic E-state index is 12.4. The molecule has 0 bridgehead atoms. The molecule has 0 N–H and O–H groups in total. The molecule has 4 heteroatoms. The second kappa shape index (κ2) is 10.1. The minimum Gasteiger partial charge on any atom is -0.462 e. The van der Waals surface area contributed by atoms with Gasteiger partial charge < -0.3 is 9.47 Å². The van der Waals surface area contributed by atoms with E-state index >= 15 is 0 Å². The Kier molecular flexibility index (Phi) is 8.51. The zero-order chi connectivity index (χ0) is 18.1. The Morgan fingerprint density at radius 3 is 1.96 bits per heavy atom. The lowest BCUT2D eigenvalue weighted by Gasteiger charge is -2.13. The fourth-order valence-corrected chi connectivity index (χ4v) is 2.11. The average molecular weight is 334 g/mol. The molecule has 0 amide bonds. The zero-order valence-corrected chi connectivity index (χ0v) is 15.6. The molecule has 0 aliphatic rings. The van der Waals surface area contributed by atoms with E-state index in [1.54, 1.807) is 12.1 Å². The number of unbranched alkanes of at least 4 members (excludes halogenated alkanes) is 1. The minimum atomic E-state index is -0.470. The van der Waals surface area contributed by atoms with E-state index in [-0.39, 0.29) is 17.4 Å². The van der Waals surface area contributed by atoms with Crippen molar-refractivity contribution in [3.8, 4) is 0 Å². The summed E-state index contributed by atoms with van der Waals surface area (Å²) in [5.41, 5.74) is 1.62. The summed E-state index contributed by atoms with van der Waals surface area (Å²) in [6.07, 6.45) is 2.99. The zero-order valence-electron chi connectivity index (χ0n) is 15.6. The third-order valence-electron chi connectivity index (χ3n) is 3.44. The topological polar surface area (TPSA) is 52.6 Å². The molecule has 1 aromatic rings. The Hall–Kier alpha value is -1.84. The Bertz CT molecular complexity index is 547. The maximum Gasteiger partial charge on any atom is 0.339 e. The van der Waals surface area contributed by atoms with Crippen molar-refractivity contribution in [1.29, 1.82) is 0 Å². The van der Waals surface area contributed by atoms with E-state index in [0.717, 1.165) is 24.8 Å². The van der Waals surface area contributed by atoms with Gasteiger partial charge in [0.15, 0.2) is 0 Å². The molecule has 0 fully saturated rings. The van der Waals surface area contributed by atoms with Crippen LogP contribution in [0.2, 0.25) is 0 Å². The smallest absolute Gasteiger partial charge is 0.339 e. The Balaban J connectivity index is 3.02. The Morgan fingerprint density at radius 1 is 0.917 bits per heavy atom. The molecule has 1 rings (SSSR count). The highest BCUT2D eigenvalue weighted by molar-refractivity contribution is 6.03. The predicted octanol–water partition coefficient (Wildman–Crippen LogP) is 4.65. The van der Waals surface area contributed by atoms with E-state index in [9.17, 15) is 9.59 Å². The third kappa shape index (κ3) is 6.73. The van der Waals surface area contributed by atoms with Crippen LogP contribution in [-0.2, 0) is 15.9 Å². The lowest BCUT2D eigenvalue weighted by Crippen LogP contribution is -2.17. The highest BCUT2D eigenvalue weighted by Gasteiger charge is 2.20. The summed E-state index contributed by atoms with van der Waals surface area (Å²) in [4.78, 5) is 24.7. The summed E-state index contributed by atoms with van der Waals surface area (Å²) in [5, 5.41) is 0. The second-order valence-electron chi connectivity index (χ2n) is 6.97. The van der Waals surface area contributed by atoms with Gasteiger partial charge >= 0.3 is 11.9 Å². The second-order valence-corrected chi connectivity index (χ2v) is 6.97. The van der Waals surface area contributed by atoms with E-state index in [0.29, 0.717) is 18.8 Å². The fourth-order valence-electron chi connectivity index (χ4n) is 2.11. The molecule has 0 aliphatic carbocycles. The van der Waals surface area contributed by atoms with Crippen molar-refractivity contribution in [3.05, 3.63) is 34.9 Å². The lowest BCUT2D eigenvalue weighted by molar-refractivity contribution is 0.0412. The lowest BCUT2D eigenvalue weighted by atomic mass is 10.0. The molecule has 0 aliphatic heterocycles. The van der Waals surface area contributed by atoms with Gasteiger partial charge in [0.25, 0.3) is 0 Å². The number of aryl methyl sites for hydroxylation is 1. The third-order valence-corrected chi connectivity index (χ3v) is 3.44. The van der Waals surface area contributed by atoms with Gasteiger partial charge in [-0.1, -0.05) is 47.1 Å². The van der Waals surface area contributed by atoms with Gasteiger partial charge in [0, 0.05) is 0 Å². The molecule has 0 unspecified atom stereocenters. The van der Waals surface area contributed by atoms with Gasteiger partial charge in [0.05, 0.1) is 24.3 Å². The first-order valence-electron chi connectivity index (χ1n) is 8.82. The van der Waals surface area contributed by atoms with Crippen molar-refractivity contribution in [1.82, 2.24) is 0 Å². The van der Waals surface area contributed by atoms with Crippen LogP contribution < -0.4 is 0 Å². The first-order valence-corrected chi connectivity index (χ1v) is 8.82. The molecule has 0 heterocycles. The predicted molar refractivity (Wildman–Crippen MR) is 95.3 cm³/mol. The van der Waals surface area contributed by atoms with Gasteiger partial charge in [-0.25, -0.2) is 9.59 Å². The standard InChI is InChI=1S/C20H30O4/c1-6-7-8-16-9-10-17(19(21)23-12-14(2)3)18(11-16)20(22)24-13-15(4)5/h9-11,14-15H,6-8,12-13H2,1-5H3. The van der Waals surface area contributed by atoms with E-state index in [1.165, 1.54) is 0 Å². The molecule has 0 aromatic heterocycles. The van der Waals surface area contributed by atoms with Crippen molar-refractivity contribution >= 4 is 11.9 Å². The Morgan fingerprint density at radius 2 is 1.46 bits per heavy atom. The van der Waals surface area contributed by atoms with Gasteiger partial charge in [-0.15, -0.1) is 0 Å². The van der Waals surface area contributed by atoms with E-state index in [4.69, 9.17) is 9.47 Å². The molecule has 0 spiro atoms. The van der Waals surface area contributed by atoms with Crippen LogP contribution in [0.3, 0.4) is 0 Å². The molecular formula is C20H30O4. The van der Waals surface area contributed by atoms with Crippen LogP contribution in [0, 0.1) is 11.8 Å². The highest BCUT2D eigenvalue weighted by Crippen LogP contribution is 2.17. The average Bonchev–Trinajstić information content (AvgIpc) is 2.55. The van der Waals surface area contributed by atoms with Crippen LogP contribution in [0.5, 0.6) is 0 Å². The van der Waals surface area contributed by atoms with Crippen LogP contribution in [0.4, 0.5) is 0 Å². The van der Waals surface area contributed by atoms with Crippen LogP contribution >= 0.6 is 0 Å². The normalized spacial score (nSPS) is 11.0. The first-order chi connectivity index (χ1) is 11.3. The summed E-state index contributed by atoms with van der Waals surface area (Å²) in [7, 11) is 0. The summed E-state index contributed by atoms with van der Waals surface area (Å²) in [6.45, 7) is 10.7. The van der Waals surface area contributed by atoms with Crippen molar-refractivity contribution in [3.63, 3.8) is 0 Å². The molecule has 0 radical (unpaired) electrons. The molecule has 24 heavy (non-hydrogen) atoms. The van der Waals surface area contributed by atoms with Gasteiger partial charge in [0.1, 0.15) is 0 Å². The van der Waals surface area contributed by atoms with Crippen molar-refractivity contribution < 1.29 is 19.1 Å². The number of hydrogen-bond acceptors (Lipinski definition) is 4. The van der Waals surface area contributed by atoms with Gasteiger partial charge in [-0.3, -0.25) is 0 Å². The quantitative estimate of drug-likeness (QED) is 0.617. The van der Waals surface area contributed by atoms with E-state index < -0.39 is 11.9 Å². The number of esters is 2. The number of carbonyl (C=O) groups is 2. The van der Waals surface area contributed by atoms with Crippen molar-refractivity contribution in [2.75, 3.05) is 13.2 Å². The number of carbonyl (C=O) groups excluding carboxylic acids is 2. The molecule has 0 atom stereocenters. The van der Waals surface area contributed by atoms with Crippen molar-refractivity contribution in [2.45, 2.75) is 53.9 Å². The summed E-state index contributed by atoms with van der Waals surface area (Å²) < 4.78 is 10.6. The minimum absolute atomic E-state index is 0.244. The first kappa shape index (κ1) is 20.2. The summed E-state index contributed by atoms with van der Waals surface area (Å²) in [5.74, 6) is -0.441. The number of hydrogen-bond donors (Lipinski definition) is 0. The molecule has 0 saturated carbocycles. The van der Waals surface area contributed by atoms with Crippen LogP contribution in [0.15, 0.2) is 18.2 Å². The number of ether oxygens (including phenoxy) is 2. The van der Waals surface area contributed by atoms with Crippen LogP contribution in [0.1, 0.15) is 73.7 Å². The molecule has 0 saturated heterocycles. The molecular weight excluding hydrogens is 304 g/mol. The molecule has 1 aromatic carbocycles. The number of rotatable bonds is 9. The number of benzene rings is 1. The summed E-state index contributed by atoms with van der Waals surface area (Å²) >= 11 is 0. The molecule has 4 nitrogen and oxygen atoms in total. The highest BCUT2D eigenvalue weighted by atomic mass is 16.5. The van der Waals surface area contributed by atoms with E-state index in [2.05, 4.69) is 6.92 Å². The Labute approximate surface area is 145 Å². The SMILES string of the molecule is CCCCc1ccc(C(=O)OCC(C)C)c(C(=O)OCC(C)C)c1. The monoisotopic (exact) mass is 334 g/mol. The van der Waals surface area contributed by atoms with Gasteiger partial charge in [-0.2, -0.15) is 0 Å². The van der Waals surface area contributed by atoms with Crippen molar-refractivity contribution in [2.24, 2.45) is 11.8 Å². The van der Waals surface area contributed by atoms with E-state index in [1.807, 2.05) is 33.8 Å². The molecule has 134 valence electrons.